The first kappa shape index (κ1) is 23.1. The third kappa shape index (κ3) is 11.4. The van der Waals surface area contributed by atoms with Gasteiger partial charge in [0.2, 0.25) is 0 Å². The molecule has 0 aliphatic carbocycles. The number of carboxylic acid groups (broad SMARTS) is 1. The van der Waals surface area contributed by atoms with Crippen LogP contribution >= 0.6 is 11.8 Å². The molecule has 1 rings (SSSR count). The van der Waals surface area contributed by atoms with Gasteiger partial charge in [-0.25, -0.2) is 4.79 Å². The van der Waals surface area contributed by atoms with E-state index in [1.807, 2.05) is 0 Å². The van der Waals surface area contributed by atoms with Crippen LogP contribution in [0, 0.1) is 0 Å². The number of anilines is 1. The number of aromatic nitrogens is 1. The van der Waals surface area contributed by atoms with Gasteiger partial charge in [0.25, 0.3) is 0 Å². The van der Waals surface area contributed by atoms with Gasteiger partial charge in [-0.1, -0.05) is 34.9 Å². The minimum atomic E-state index is -0.889. The second kappa shape index (κ2) is 13.3. The highest BCUT2D eigenvalue weighted by Gasteiger charge is 2.17. The lowest BCUT2D eigenvalue weighted by molar-refractivity contribution is -0.137. The molecule has 1 unspecified atom stereocenters. The number of carboxylic acids is 1. The fourth-order valence-corrected chi connectivity index (χ4v) is 3.36. The van der Waals surface area contributed by atoms with E-state index in [-0.39, 0.29) is 0 Å². The third-order valence-corrected chi connectivity index (χ3v) is 4.98. The molecule has 0 bridgehead atoms. The molecule has 0 saturated heterocycles. The molecule has 5 nitrogen and oxygen atoms in total. The Labute approximate surface area is 167 Å². The molecule has 1 heterocycles. The van der Waals surface area contributed by atoms with Crippen LogP contribution in [0.1, 0.15) is 53.4 Å². The molecule has 0 spiro atoms. The van der Waals surface area contributed by atoms with Crippen LogP contribution in [-0.2, 0) is 4.79 Å². The summed E-state index contributed by atoms with van der Waals surface area (Å²) >= 11 is 1.59. The van der Waals surface area contributed by atoms with Gasteiger partial charge in [0.1, 0.15) is 12.3 Å². The first-order valence-corrected chi connectivity index (χ1v) is 10.4. The zero-order chi connectivity index (χ0) is 20.1. The lowest BCUT2D eigenvalue weighted by Crippen LogP contribution is -2.31. The minimum absolute atomic E-state index is 0.446. The molecule has 0 aromatic carbocycles. The average Bonchev–Trinajstić information content (AvgIpc) is 3.10. The van der Waals surface area contributed by atoms with E-state index in [2.05, 4.69) is 56.2 Å². The number of oxazole rings is 1. The zero-order valence-corrected chi connectivity index (χ0v) is 17.6. The van der Waals surface area contributed by atoms with Crippen molar-refractivity contribution in [1.82, 2.24) is 4.98 Å². The maximum Gasteiger partial charge on any atom is 0.327 e. The van der Waals surface area contributed by atoms with Crippen LogP contribution in [0.25, 0.3) is 0 Å². The highest BCUT2D eigenvalue weighted by molar-refractivity contribution is 7.99. The molecule has 0 amide bonds. The summed E-state index contributed by atoms with van der Waals surface area (Å²) in [7, 11) is 0. The van der Waals surface area contributed by atoms with Gasteiger partial charge in [-0.15, -0.1) is 0 Å². The molecule has 27 heavy (non-hydrogen) atoms. The van der Waals surface area contributed by atoms with E-state index in [1.54, 1.807) is 11.8 Å². The van der Waals surface area contributed by atoms with Crippen LogP contribution in [-0.4, -0.2) is 33.6 Å². The Hall–Kier alpha value is -1.95. The van der Waals surface area contributed by atoms with Gasteiger partial charge in [-0.3, -0.25) is 0 Å². The van der Waals surface area contributed by atoms with Gasteiger partial charge in [0, 0.05) is 11.5 Å². The van der Waals surface area contributed by atoms with Crippen molar-refractivity contribution in [2.24, 2.45) is 0 Å². The molecular formula is C21H32N2O3S. The van der Waals surface area contributed by atoms with Gasteiger partial charge in [-0.2, -0.15) is 16.7 Å². The Morgan fingerprint density at radius 1 is 1.19 bits per heavy atom. The van der Waals surface area contributed by atoms with Crippen LogP contribution in [0.5, 0.6) is 0 Å². The normalized spacial score (nSPS) is 13.3. The van der Waals surface area contributed by atoms with Crippen LogP contribution in [0.4, 0.5) is 5.82 Å². The smallest absolute Gasteiger partial charge is 0.327 e. The Balaban J connectivity index is 2.26. The van der Waals surface area contributed by atoms with E-state index < -0.39 is 12.0 Å². The zero-order valence-electron chi connectivity index (χ0n) is 16.8. The molecule has 1 atom stereocenters. The number of carbonyl (C=O) groups is 1. The number of allylic oxidation sites excluding steroid dienone is 5. The molecule has 1 aromatic heterocycles. The number of hydrogen-bond donors (Lipinski definition) is 2. The van der Waals surface area contributed by atoms with Crippen molar-refractivity contribution in [3.8, 4) is 0 Å². The number of nitrogens with one attached hydrogen (secondary N) is 1. The Morgan fingerprint density at radius 3 is 2.44 bits per heavy atom. The summed E-state index contributed by atoms with van der Waals surface area (Å²) in [6.45, 7) is 8.60. The summed E-state index contributed by atoms with van der Waals surface area (Å²) in [5, 5.41) is 12.1. The van der Waals surface area contributed by atoms with Crippen LogP contribution in [0.15, 0.2) is 52.0 Å². The molecular weight excluding hydrogens is 360 g/mol. The van der Waals surface area contributed by atoms with Crippen molar-refractivity contribution in [3.63, 3.8) is 0 Å². The summed E-state index contributed by atoms with van der Waals surface area (Å²) in [5.74, 6) is 0.829. The van der Waals surface area contributed by atoms with Crippen molar-refractivity contribution in [2.75, 3.05) is 16.8 Å². The van der Waals surface area contributed by atoms with Gasteiger partial charge < -0.3 is 14.8 Å². The molecule has 0 radical (unpaired) electrons. The predicted molar refractivity (Wildman–Crippen MR) is 114 cm³/mol. The molecule has 1 aromatic rings. The van der Waals surface area contributed by atoms with Crippen molar-refractivity contribution >= 4 is 23.5 Å². The van der Waals surface area contributed by atoms with Gasteiger partial charge >= 0.3 is 5.97 Å². The second-order valence-corrected chi connectivity index (χ2v) is 7.98. The summed E-state index contributed by atoms with van der Waals surface area (Å²) in [6, 6.07) is -0.680. The molecule has 6 heteroatoms. The highest BCUT2D eigenvalue weighted by Crippen LogP contribution is 2.14. The fourth-order valence-electron chi connectivity index (χ4n) is 2.36. The molecule has 150 valence electrons. The second-order valence-electron chi connectivity index (χ2n) is 6.91. The first-order chi connectivity index (χ1) is 12.9. The van der Waals surface area contributed by atoms with Crippen molar-refractivity contribution in [3.05, 3.63) is 47.6 Å². The summed E-state index contributed by atoms with van der Waals surface area (Å²) < 4.78 is 4.85. The van der Waals surface area contributed by atoms with E-state index >= 15 is 0 Å². The molecule has 0 fully saturated rings. The maximum atomic E-state index is 11.3. The number of thioether (sulfide) groups is 1. The van der Waals surface area contributed by atoms with Crippen molar-refractivity contribution in [2.45, 2.75) is 59.4 Å². The van der Waals surface area contributed by atoms with E-state index in [0.29, 0.717) is 11.6 Å². The number of hydrogen-bond acceptors (Lipinski definition) is 5. The van der Waals surface area contributed by atoms with Gasteiger partial charge in [0.05, 0.1) is 0 Å². The quantitative estimate of drug-likeness (QED) is 0.332. The highest BCUT2D eigenvalue weighted by atomic mass is 32.2. The minimum Gasteiger partial charge on any atom is -0.480 e. The maximum absolute atomic E-state index is 11.3. The van der Waals surface area contributed by atoms with Gasteiger partial charge in [-0.05, 0) is 53.4 Å². The Bertz CT molecular complexity index is 644. The summed E-state index contributed by atoms with van der Waals surface area (Å²) in [6.07, 6.45) is 13.8. The SMILES string of the molecule is CC(C)=CCCC(C)=CCCC(C)=CCSCC(Nc1cocn1)C(=O)O. The molecule has 0 aliphatic rings. The standard InChI is InChI=1S/C21H32N2O3S/c1-16(2)7-5-8-17(3)9-6-10-18(4)11-12-27-14-19(21(24)25)23-20-13-26-15-22-20/h7,9,11,13,15,19,23H,5-6,8,10,12,14H2,1-4H3,(H,24,25). The Morgan fingerprint density at radius 2 is 1.85 bits per heavy atom. The van der Waals surface area contributed by atoms with Crippen molar-refractivity contribution < 1.29 is 14.3 Å². The van der Waals surface area contributed by atoms with E-state index in [1.165, 1.54) is 29.4 Å². The average molecular weight is 393 g/mol. The summed E-state index contributed by atoms with van der Waals surface area (Å²) in [5.41, 5.74) is 4.16. The largest absolute Gasteiger partial charge is 0.480 e. The first-order valence-electron chi connectivity index (χ1n) is 9.28. The lowest BCUT2D eigenvalue weighted by atomic mass is 10.1. The fraction of sp³-hybridized carbons (Fsp3) is 0.524. The number of aliphatic carboxylic acids is 1. The molecule has 2 N–H and O–H groups in total. The molecule has 0 saturated carbocycles. The monoisotopic (exact) mass is 392 g/mol. The van der Waals surface area contributed by atoms with Crippen LogP contribution in [0.2, 0.25) is 0 Å². The van der Waals surface area contributed by atoms with Gasteiger partial charge in [0.15, 0.2) is 12.2 Å². The van der Waals surface area contributed by atoms with E-state index in [4.69, 9.17) is 4.42 Å². The third-order valence-electron chi connectivity index (χ3n) is 4.01. The summed E-state index contributed by atoms with van der Waals surface area (Å²) in [4.78, 5) is 15.2. The van der Waals surface area contributed by atoms with E-state index in [0.717, 1.165) is 31.4 Å². The van der Waals surface area contributed by atoms with Crippen LogP contribution < -0.4 is 5.32 Å². The lowest BCUT2D eigenvalue weighted by Gasteiger charge is -2.12. The Kier molecular flexibility index (Phi) is 11.3. The van der Waals surface area contributed by atoms with E-state index in [9.17, 15) is 9.90 Å². The number of nitrogens with zero attached hydrogens (tertiary/aromatic N) is 1. The molecule has 0 aliphatic heterocycles. The van der Waals surface area contributed by atoms with Crippen molar-refractivity contribution in [1.29, 1.82) is 0 Å². The number of rotatable bonds is 13. The van der Waals surface area contributed by atoms with Crippen LogP contribution in [0.3, 0.4) is 0 Å². The topological polar surface area (TPSA) is 75.4 Å². The predicted octanol–water partition coefficient (Wildman–Crippen LogP) is 5.69.